The van der Waals surface area contributed by atoms with Crippen LogP contribution < -0.4 is 10.6 Å². The first-order valence-corrected chi connectivity index (χ1v) is 8.52. The second-order valence-electron chi connectivity index (χ2n) is 5.80. The first-order chi connectivity index (χ1) is 11.5. The van der Waals surface area contributed by atoms with Gasteiger partial charge in [-0.05, 0) is 18.2 Å². The van der Waals surface area contributed by atoms with Crippen LogP contribution in [0.3, 0.4) is 0 Å². The molecule has 3 N–H and O–H groups in total. The zero-order chi connectivity index (χ0) is 17.1. The number of nitrogens with zero attached hydrogens (tertiary/aromatic N) is 3. The minimum absolute atomic E-state index is 0. The van der Waals surface area contributed by atoms with E-state index >= 15 is 0 Å². The maximum absolute atomic E-state index is 12.5. The van der Waals surface area contributed by atoms with Crippen molar-refractivity contribution in [3.8, 4) is 0 Å². The molecule has 1 aliphatic heterocycles. The Morgan fingerprint density at radius 3 is 2.46 bits per heavy atom. The summed E-state index contributed by atoms with van der Waals surface area (Å²) in [7, 11) is 0. The van der Waals surface area contributed by atoms with Gasteiger partial charge in [0.15, 0.2) is 0 Å². The number of amides is 1. The fourth-order valence-electron chi connectivity index (χ4n) is 2.82. The first kappa shape index (κ1) is 22.9. The fraction of sp³-hybridized carbons (Fsp3) is 0.375. The van der Waals surface area contributed by atoms with Gasteiger partial charge in [0, 0.05) is 50.2 Å². The highest BCUT2D eigenvalue weighted by Gasteiger charge is 2.26. The SMILES string of the molecule is Cl.Cl.N[C@@H](Cc1cnc[nH]1)C(=O)N1CCN(c2ccc(Cl)c(Cl)c2)CC1. The van der Waals surface area contributed by atoms with Gasteiger partial charge in [-0.15, -0.1) is 24.8 Å². The van der Waals surface area contributed by atoms with Crippen LogP contribution in [-0.4, -0.2) is 53.0 Å². The van der Waals surface area contributed by atoms with Gasteiger partial charge in [-0.2, -0.15) is 0 Å². The molecule has 2 aromatic rings. The highest BCUT2D eigenvalue weighted by Crippen LogP contribution is 2.27. The summed E-state index contributed by atoms with van der Waals surface area (Å²) in [6.07, 6.45) is 3.74. The van der Waals surface area contributed by atoms with Crippen LogP contribution in [0.5, 0.6) is 0 Å². The average Bonchev–Trinajstić information content (AvgIpc) is 3.10. The molecule has 0 aliphatic carbocycles. The van der Waals surface area contributed by atoms with E-state index in [0.29, 0.717) is 29.6 Å². The van der Waals surface area contributed by atoms with Gasteiger partial charge in [0.1, 0.15) is 0 Å². The van der Waals surface area contributed by atoms with Crippen molar-refractivity contribution in [2.45, 2.75) is 12.5 Å². The zero-order valence-corrected chi connectivity index (χ0v) is 17.0. The van der Waals surface area contributed by atoms with E-state index in [1.54, 1.807) is 18.6 Å². The molecule has 1 aromatic heterocycles. The minimum Gasteiger partial charge on any atom is -0.368 e. The summed E-state index contributed by atoms with van der Waals surface area (Å²) in [5, 5.41) is 1.08. The number of nitrogens with one attached hydrogen (secondary N) is 1. The second-order valence-corrected chi connectivity index (χ2v) is 6.61. The van der Waals surface area contributed by atoms with Crippen molar-refractivity contribution in [2.75, 3.05) is 31.1 Å². The Hall–Kier alpha value is -1.18. The number of hydrogen-bond donors (Lipinski definition) is 2. The monoisotopic (exact) mass is 439 g/mol. The van der Waals surface area contributed by atoms with Crippen molar-refractivity contribution in [1.82, 2.24) is 14.9 Å². The number of piperazine rings is 1. The highest BCUT2D eigenvalue weighted by atomic mass is 35.5. The van der Waals surface area contributed by atoms with Crippen LogP contribution in [0.1, 0.15) is 5.69 Å². The van der Waals surface area contributed by atoms with Gasteiger partial charge in [-0.1, -0.05) is 23.2 Å². The molecule has 144 valence electrons. The molecular formula is C16H21Cl4N5O. The second kappa shape index (κ2) is 10.2. The molecule has 2 heterocycles. The third kappa shape index (κ3) is 5.41. The molecule has 1 aromatic carbocycles. The van der Waals surface area contributed by atoms with Crippen LogP contribution in [0.25, 0.3) is 0 Å². The number of hydrogen-bond acceptors (Lipinski definition) is 4. The predicted octanol–water partition coefficient (Wildman–Crippen LogP) is 2.78. The Balaban J connectivity index is 0.00000169. The van der Waals surface area contributed by atoms with Crippen molar-refractivity contribution < 1.29 is 4.79 Å². The van der Waals surface area contributed by atoms with Gasteiger partial charge in [0.2, 0.25) is 5.91 Å². The Labute approximate surface area is 174 Å². The molecule has 3 rings (SSSR count). The van der Waals surface area contributed by atoms with Gasteiger partial charge in [-0.3, -0.25) is 4.79 Å². The standard InChI is InChI=1S/C16H19Cl2N5O.2ClH/c17-13-2-1-12(8-14(13)18)22-3-5-23(6-4-22)16(24)15(19)7-11-9-20-10-21-11;;/h1-2,8-10,15H,3-7,19H2,(H,20,21);2*1H/t15-;;/m0../s1. The van der Waals surface area contributed by atoms with E-state index in [1.165, 1.54) is 0 Å². The number of nitrogens with two attached hydrogens (primary N) is 1. The van der Waals surface area contributed by atoms with E-state index in [4.69, 9.17) is 28.9 Å². The fourth-order valence-corrected chi connectivity index (χ4v) is 3.11. The summed E-state index contributed by atoms with van der Waals surface area (Å²) in [5.74, 6) is -0.0293. The molecule has 1 aliphatic rings. The lowest BCUT2D eigenvalue weighted by Crippen LogP contribution is -2.53. The molecule has 1 atom stereocenters. The molecule has 1 saturated heterocycles. The third-order valence-corrected chi connectivity index (χ3v) is 4.91. The van der Waals surface area contributed by atoms with Crippen LogP contribution in [-0.2, 0) is 11.2 Å². The number of imidazole rings is 1. The summed E-state index contributed by atoms with van der Waals surface area (Å²) >= 11 is 12.0. The summed E-state index contributed by atoms with van der Waals surface area (Å²) in [5.41, 5.74) is 7.92. The van der Waals surface area contributed by atoms with Gasteiger partial charge >= 0.3 is 0 Å². The van der Waals surface area contributed by atoms with Crippen molar-refractivity contribution in [2.24, 2.45) is 5.73 Å². The molecule has 1 amide bonds. The van der Waals surface area contributed by atoms with E-state index in [9.17, 15) is 4.79 Å². The highest BCUT2D eigenvalue weighted by molar-refractivity contribution is 6.42. The van der Waals surface area contributed by atoms with Gasteiger partial charge in [0.25, 0.3) is 0 Å². The van der Waals surface area contributed by atoms with Crippen LogP contribution >= 0.6 is 48.0 Å². The lowest BCUT2D eigenvalue weighted by atomic mass is 10.1. The van der Waals surface area contributed by atoms with Gasteiger partial charge < -0.3 is 20.5 Å². The number of carbonyl (C=O) groups excluding carboxylic acids is 1. The topological polar surface area (TPSA) is 78.2 Å². The Morgan fingerprint density at radius 2 is 1.88 bits per heavy atom. The molecule has 10 heteroatoms. The van der Waals surface area contributed by atoms with E-state index < -0.39 is 6.04 Å². The van der Waals surface area contributed by atoms with Crippen LogP contribution in [0, 0.1) is 0 Å². The van der Waals surface area contributed by atoms with Crippen molar-refractivity contribution >= 4 is 59.6 Å². The van der Waals surface area contributed by atoms with Crippen molar-refractivity contribution in [3.05, 3.63) is 46.5 Å². The smallest absolute Gasteiger partial charge is 0.240 e. The largest absolute Gasteiger partial charge is 0.368 e. The lowest BCUT2D eigenvalue weighted by molar-refractivity contribution is -0.132. The average molecular weight is 441 g/mol. The van der Waals surface area contributed by atoms with Gasteiger partial charge in [-0.25, -0.2) is 4.98 Å². The van der Waals surface area contributed by atoms with E-state index in [0.717, 1.165) is 24.5 Å². The molecule has 0 bridgehead atoms. The minimum atomic E-state index is -0.554. The number of halogens is 4. The van der Waals surface area contributed by atoms with E-state index in [-0.39, 0.29) is 30.7 Å². The van der Waals surface area contributed by atoms with Crippen molar-refractivity contribution in [3.63, 3.8) is 0 Å². The molecule has 0 unspecified atom stereocenters. The quantitative estimate of drug-likeness (QED) is 0.766. The number of aromatic nitrogens is 2. The van der Waals surface area contributed by atoms with E-state index in [1.807, 2.05) is 17.0 Å². The number of aromatic amines is 1. The third-order valence-electron chi connectivity index (χ3n) is 4.17. The zero-order valence-electron chi connectivity index (χ0n) is 13.9. The normalized spacial score (nSPS) is 15.0. The number of carbonyl (C=O) groups is 1. The predicted molar refractivity (Wildman–Crippen MR) is 110 cm³/mol. The summed E-state index contributed by atoms with van der Waals surface area (Å²) in [6.45, 7) is 2.74. The Kier molecular flexibility index (Phi) is 9.00. The molecular weight excluding hydrogens is 420 g/mol. The van der Waals surface area contributed by atoms with Gasteiger partial charge in [0.05, 0.1) is 22.4 Å². The number of benzene rings is 1. The number of anilines is 1. The molecule has 26 heavy (non-hydrogen) atoms. The number of rotatable bonds is 4. The lowest BCUT2D eigenvalue weighted by Gasteiger charge is -2.37. The molecule has 0 radical (unpaired) electrons. The molecule has 6 nitrogen and oxygen atoms in total. The first-order valence-electron chi connectivity index (χ1n) is 7.76. The molecule has 0 spiro atoms. The Morgan fingerprint density at radius 1 is 1.19 bits per heavy atom. The van der Waals surface area contributed by atoms with Crippen LogP contribution in [0.2, 0.25) is 10.0 Å². The number of H-pyrrole nitrogens is 1. The molecule has 1 fully saturated rings. The Bertz CT molecular complexity index is 705. The summed E-state index contributed by atoms with van der Waals surface area (Å²) in [6, 6.07) is 5.03. The van der Waals surface area contributed by atoms with E-state index in [2.05, 4.69) is 14.9 Å². The van der Waals surface area contributed by atoms with Crippen molar-refractivity contribution in [1.29, 1.82) is 0 Å². The maximum atomic E-state index is 12.5. The molecule has 0 saturated carbocycles. The summed E-state index contributed by atoms with van der Waals surface area (Å²) < 4.78 is 0. The summed E-state index contributed by atoms with van der Waals surface area (Å²) in [4.78, 5) is 23.4. The van der Waals surface area contributed by atoms with Crippen LogP contribution in [0.4, 0.5) is 5.69 Å². The van der Waals surface area contributed by atoms with Crippen LogP contribution in [0.15, 0.2) is 30.7 Å². The maximum Gasteiger partial charge on any atom is 0.240 e.